The average molecular weight is 322 g/mol. The van der Waals surface area contributed by atoms with Crippen LogP contribution in [0.25, 0.3) is 0 Å². The predicted octanol–water partition coefficient (Wildman–Crippen LogP) is 3.64. The topological polar surface area (TPSA) is 63.5 Å². The molecular weight excluding hydrogens is 292 g/mol. The van der Waals surface area contributed by atoms with Gasteiger partial charge in [-0.05, 0) is 65.5 Å². The summed E-state index contributed by atoms with van der Waals surface area (Å²) in [7, 11) is 0. The fourth-order valence-electron chi connectivity index (χ4n) is 2.75. The molecule has 23 heavy (non-hydrogen) atoms. The van der Waals surface area contributed by atoms with E-state index in [1.807, 2.05) is 32.9 Å². The van der Waals surface area contributed by atoms with Crippen molar-refractivity contribution in [1.82, 2.24) is 10.6 Å². The highest BCUT2D eigenvalue weighted by Crippen LogP contribution is 2.31. The van der Waals surface area contributed by atoms with Crippen LogP contribution in [0.1, 0.15) is 59.1 Å². The lowest BCUT2D eigenvalue weighted by Crippen LogP contribution is -2.60. The van der Waals surface area contributed by atoms with Crippen LogP contribution in [-0.4, -0.2) is 29.8 Å². The molecule has 0 radical (unpaired) electrons. The van der Waals surface area contributed by atoms with Gasteiger partial charge in [0.05, 0.1) is 11.8 Å². The van der Waals surface area contributed by atoms with Crippen LogP contribution in [0.15, 0.2) is 22.8 Å². The average Bonchev–Trinajstić information content (AvgIpc) is 2.90. The summed E-state index contributed by atoms with van der Waals surface area (Å²) in [5.41, 5.74) is -0.611. The summed E-state index contributed by atoms with van der Waals surface area (Å²) in [4.78, 5) is 12.0. The quantitative estimate of drug-likeness (QED) is 0.804. The molecular formula is C18H30N2O3. The van der Waals surface area contributed by atoms with Gasteiger partial charge in [0, 0.05) is 19.0 Å². The van der Waals surface area contributed by atoms with Gasteiger partial charge in [-0.2, -0.15) is 0 Å². The second kappa shape index (κ2) is 7.39. The molecule has 1 saturated carbocycles. The molecule has 2 N–H and O–H groups in total. The van der Waals surface area contributed by atoms with Gasteiger partial charge >= 0.3 is 6.09 Å². The van der Waals surface area contributed by atoms with Crippen molar-refractivity contribution in [3.8, 4) is 0 Å². The Labute approximate surface area is 139 Å². The third-order valence-electron chi connectivity index (χ3n) is 4.27. The number of alkyl carbamates (subject to hydrolysis) is 1. The van der Waals surface area contributed by atoms with Crippen molar-refractivity contribution in [2.75, 3.05) is 6.54 Å². The Morgan fingerprint density at radius 1 is 1.43 bits per heavy atom. The summed E-state index contributed by atoms with van der Waals surface area (Å²) in [6.45, 7) is 8.60. The van der Waals surface area contributed by atoms with Crippen molar-refractivity contribution in [2.45, 2.75) is 77.0 Å². The van der Waals surface area contributed by atoms with Crippen molar-refractivity contribution in [3.05, 3.63) is 24.2 Å². The predicted molar refractivity (Wildman–Crippen MR) is 90.4 cm³/mol. The first-order chi connectivity index (χ1) is 10.8. The molecule has 1 aromatic rings. The zero-order valence-corrected chi connectivity index (χ0v) is 14.8. The molecule has 0 aliphatic heterocycles. The number of hydrogen-bond acceptors (Lipinski definition) is 4. The lowest BCUT2D eigenvalue weighted by atomic mass is 9.76. The largest absolute Gasteiger partial charge is 0.469 e. The van der Waals surface area contributed by atoms with E-state index in [2.05, 4.69) is 17.6 Å². The van der Waals surface area contributed by atoms with E-state index >= 15 is 0 Å². The summed E-state index contributed by atoms with van der Waals surface area (Å²) in [5.74, 6) is 1.02. The van der Waals surface area contributed by atoms with Crippen LogP contribution in [0, 0.1) is 0 Å². The fraction of sp³-hybridized carbons (Fsp3) is 0.722. The number of amides is 1. The lowest BCUT2D eigenvalue weighted by molar-refractivity contribution is 0.0379. The first-order valence-corrected chi connectivity index (χ1v) is 8.55. The van der Waals surface area contributed by atoms with Crippen molar-refractivity contribution < 1.29 is 13.9 Å². The molecule has 5 heteroatoms. The minimum Gasteiger partial charge on any atom is -0.469 e. The second-order valence-electron chi connectivity index (χ2n) is 7.66. The number of carbonyl (C=O) groups is 1. The van der Waals surface area contributed by atoms with Crippen molar-refractivity contribution in [1.29, 1.82) is 0 Å². The minimum absolute atomic E-state index is 0.152. The number of ether oxygens (including phenoxy) is 1. The Balaban J connectivity index is 1.74. The Hall–Kier alpha value is -1.49. The molecule has 1 atom stereocenters. The highest BCUT2D eigenvalue weighted by atomic mass is 16.6. The van der Waals surface area contributed by atoms with Crippen LogP contribution in [-0.2, 0) is 11.2 Å². The van der Waals surface area contributed by atoms with Crippen LogP contribution >= 0.6 is 0 Å². The third kappa shape index (κ3) is 5.90. The molecule has 2 rings (SSSR count). The van der Waals surface area contributed by atoms with Gasteiger partial charge in [0.1, 0.15) is 11.4 Å². The van der Waals surface area contributed by atoms with Crippen LogP contribution in [0.2, 0.25) is 0 Å². The zero-order valence-electron chi connectivity index (χ0n) is 14.8. The molecule has 0 saturated heterocycles. The maximum Gasteiger partial charge on any atom is 0.408 e. The van der Waals surface area contributed by atoms with E-state index in [-0.39, 0.29) is 11.6 Å². The Morgan fingerprint density at radius 2 is 2.17 bits per heavy atom. The molecule has 1 heterocycles. The minimum atomic E-state index is -0.460. The second-order valence-corrected chi connectivity index (χ2v) is 7.66. The molecule has 1 unspecified atom stereocenters. The highest BCUT2D eigenvalue weighted by Gasteiger charge is 2.39. The first kappa shape index (κ1) is 17.9. The van der Waals surface area contributed by atoms with Gasteiger partial charge in [-0.1, -0.05) is 0 Å². The van der Waals surface area contributed by atoms with Crippen LogP contribution in [0.3, 0.4) is 0 Å². The molecule has 1 fully saturated rings. The SMILES string of the molecule is CC(CCc1ccco1)NCC1(NC(=O)OC(C)(C)C)CCC1. The van der Waals surface area contributed by atoms with Gasteiger partial charge in [-0.25, -0.2) is 4.79 Å². The Kier molecular flexibility index (Phi) is 5.74. The number of furan rings is 1. The molecule has 130 valence electrons. The molecule has 1 aromatic heterocycles. The number of rotatable bonds is 7. The van der Waals surface area contributed by atoms with E-state index in [9.17, 15) is 4.79 Å². The molecule has 1 aliphatic carbocycles. The normalized spacial score (nSPS) is 18.1. The van der Waals surface area contributed by atoms with Gasteiger partial charge in [-0.15, -0.1) is 0 Å². The smallest absolute Gasteiger partial charge is 0.408 e. The monoisotopic (exact) mass is 322 g/mol. The van der Waals surface area contributed by atoms with E-state index in [1.165, 1.54) is 0 Å². The van der Waals surface area contributed by atoms with E-state index in [0.29, 0.717) is 6.04 Å². The zero-order chi connectivity index (χ0) is 16.9. The van der Waals surface area contributed by atoms with E-state index in [4.69, 9.17) is 9.15 Å². The number of aryl methyl sites for hydroxylation is 1. The standard InChI is InChI=1S/C18H30N2O3/c1-14(8-9-15-7-5-12-22-15)19-13-18(10-6-11-18)20-16(21)23-17(2,3)4/h5,7,12,14,19H,6,8-11,13H2,1-4H3,(H,20,21). The molecule has 0 bridgehead atoms. The van der Waals surface area contributed by atoms with Crippen molar-refractivity contribution in [2.24, 2.45) is 0 Å². The maximum atomic E-state index is 12.0. The van der Waals surface area contributed by atoms with E-state index in [0.717, 1.165) is 44.4 Å². The number of hydrogen-bond donors (Lipinski definition) is 2. The van der Waals surface area contributed by atoms with Gasteiger partial charge in [-0.3, -0.25) is 0 Å². The van der Waals surface area contributed by atoms with Crippen LogP contribution < -0.4 is 10.6 Å². The number of nitrogens with one attached hydrogen (secondary N) is 2. The van der Waals surface area contributed by atoms with Gasteiger partial charge in [0.15, 0.2) is 0 Å². The van der Waals surface area contributed by atoms with Gasteiger partial charge in [0.25, 0.3) is 0 Å². The molecule has 1 amide bonds. The van der Waals surface area contributed by atoms with E-state index < -0.39 is 5.60 Å². The molecule has 0 spiro atoms. The maximum absolute atomic E-state index is 12.0. The van der Waals surface area contributed by atoms with Crippen molar-refractivity contribution in [3.63, 3.8) is 0 Å². The summed E-state index contributed by atoms with van der Waals surface area (Å²) in [5, 5.41) is 6.61. The first-order valence-electron chi connectivity index (χ1n) is 8.55. The molecule has 0 aromatic carbocycles. The van der Waals surface area contributed by atoms with Crippen LogP contribution in [0.4, 0.5) is 4.79 Å². The third-order valence-corrected chi connectivity index (χ3v) is 4.27. The Morgan fingerprint density at radius 3 is 2.70 bits per heavy atom. The molecule has 5 nitrogen and oxygen atoms in total. The van der Waals surface area contributed by atoms with Crippen molar-refractivity contribution >= 4 is 6.09 Å². The summed E-state index contributed by atoms with van der Waals surface area (Å²) < 4.78 is 10.7. The summed E-state index contributed by atoms with van der Waals surface area (Å²) >= 11 is 0. The van der Waals surface area contributed by atoms with Gasteiger partial charge < -0.3 is 19.8 Å². The highest BCUT2D eigenvalue weighted by molar-refractivity contribution is 5.69. The van der Waals surface area contributed by atoms with Crippen LogP contribution in [0.5, 0.6) is 0 Å². The summed E-state index contributed by atoms with van der Waals surface area (Å²) in [6.07, 6.45) is 6.49. The number of carbonyl (C=O) groups excluding carboxylic acids is 1. The lowest BCUT2D eigenvalue weighted by Gasteiger charge is -2.43. The van der Waals surface area contributed by atoms with E-state index in [1.54, 1.807) is 6.26 Å². The summed E-state index contributed by atoms with van der Waals surface area (Å²) in [6, 6.07) is 4.30. The van der Waals surface area contributed by atoms with Gasteiger partial charge in [0.2, 0.25) is 0 Å². The fourth-order valence-corrected chi connectivity index (χ4v) is 2.75. The Bertz CT molecular complexity index is 487. The molecule has 1 aliphatic rings.